The van der Waals surface area contributed by atoms with Gasteiger partial charge < -0.3 is 15.0 Å². The monoisotopic (exact) mass is 406 g/mol. The van der Waals surface area contributed by atoms with Crippen molar-refractivity contribution in [2.75, 3.05) is 18.6 Å². The number of benzene rings is 2. The van der Waals surface area contributed by atoms with Gasteiger partial charge in [-0.1, -0.05) is 24.3 Å². The number of alkyl halides is 3. The quantitative estimate of drug-likeness (QED) is 0.818. The van der Waals surface area contributed by atoms with Gasteiger partial charge in [0.2, 0.25) is 11.8 Å². The number of rotatable bonds is 5. The third kappa shape index (κ3) is 4.52. The predicted molar refractivity (Wildman–Crippen MR) is 101 cm³/mol. The number of carbonyl (C=O) groups excluding carboxylic acids is 2. The molecule has 0 radical (unpaired) electrons. The van der Waals surface area contributed by atoms with E-state index in [9.17, 15) is 22.8 Å². The van der Waals surface area contributed by atoms with E-state index in [1.807, 2.05) is 0 Å². The van der Waals surface area contributed by atoms with Crippen LogP contribution in [0.15, 0.2) is 48.5 Å². The average Bonchev–Trinajstić information content (AvgIpc) is 3.09. The fourth-order valence-corrected chi connectivity index (χ4v) is 3.37. The summed E-state index contributed by atoms with van der Waals surface area (Å²) >= 11 is 0. The van der Waals surface area contributed by atoms with Crippen LogP contribution in [0.5, 0.6) is 5.75 Å². The maximum atomic E-state index is 12.9. The summed E-state index contributed by atoms with van der Waals surface area (Å²) in [5.41, 5.74) is 0.162. The first-order valence-electron chi connectivity index (χ1n) is 9.11. The minimum absolute atomic E-state index is 0.0270. The van der Waals surface area contributed by atoms with Crippen LogP contribution in [0.4, 0.5) is 18.9 Å². The molecule has 0 aromatic heterocycles. The van der Waals surface area contributed by atoms with E-state index in [0.29, 0.717) is 17.0 Å². The van der Waals surface area contributed by atoms with Gasteiger partial charge in [-0.05, 0) is 36.8 Å². The highest BCUT2D eigenvalue weighted by atomic mass is 19.4. The minimum atomic E-state index is -4.45. The molecule has 1 fully saturated rings. The van der Waals surface area contributed by atoms with Crippen molar-refractivity contribution in [1.29, 1.82) is 0 Å². The lowest BCUT2D eigenvalue weighted by Crippen LogP contribution is -2.34. The lowest BCUT2D eigenvalue weighted by molar-refractivity contribution is -0.137. The number of nitrogens with zero attached hydrogens (tertiary/aromatic N) is 1. The Bertz CT molecular complexity index is 914. The number of hydrogen-bond acceptors (Lipinski definition) is 3. The Balaban J connectivity index is 1.70. The highest BCUT2D eigenvalue weighted by Crippen LogP contribution is 2.33. The fourth-order valence-electron chi connectivity index (χ4n) is 3.37. The molecule has 0 bridgehead atoms. The number of carbonyl (C=O) groups is 2. The van der Waals surface area contributed by atoms with Gasteiger partial charge in [-0.15, -0.1) is 0 Å². The summed E-state index contributed by atoms with van der Waals surface area (Å²) in [6.07, 6.45) is -4.42. The molecule has 2 aromatic carbocycles. The van der Waals surface area contributed by atoms with Gasteiger partial charge in [-0.2, -0.15) is 13.2 Å². The minimum Gasteiger partial charge on any atom is -0.495 e. The molecule has 8 heteroatoms. The topological polar surface area (TPSA) is 58.6 Å². The first-order chi connectivity index (χ1) is 13.7. The van der Waals surface area contributed by atoms with E-state index in [-0.39, 0.29) is 24.8 Å². The number of amides is 2. The molecule has 1 N–H and O–H groups in total. The van der Waals surface area contributed by atoms with E-state index in [1.54, 1.807) is 31.2 Å². The zero-order valence-electron chi connectivity index (χ0n) is 16.0. The highest BCUT2D eigenvalue weighted by molar-refractivity contribution is 6.01. The van der Waals surface area contributed by atoms with Crippen molar-refractivity contribution in [3.8, 4) is 5.75 Å². The van der Waals surface area contributed by atoms with Gasteiger partial charge in [0.25, 0.3) is 0 Å². The largest absolute Gasteiger partial charge is 0.495 e. The molecule has 0 spiro atoms. The van der Waals surface area contributed by atoms with Crippen LogP contribution in [0.1, 0.15) is 30.5 Å². The Labute approximate surface area is 166 Å². The lowest BCUT2D eigenvalue weighted by atomic mass is 10.0. The van der Waals surface area contributed by atoms with Crippen LogP contribution in [0, 0.1) is 5.92 Å². The van der Waals surface area contributed by atoms with Gasteiger partial charge >= 0.3 is 6.18 Å². The molecule has 3 rings (SSSR count). The third-order valence-corrected chi connectivity index (χ3v) is 4.94. The molecule has 2 atom stereocenters. The summed E-state index contributed by atoms with van der Waals surface area (Å²) in [5.74, 6) is -0.651. The number of nitrogens with one attached hydrogen (secondary N) is 1. The first-order valence-corrected chi connectivity index (χ1v) is 9.11. The number of methoxy groups -OCH3 is 1. The van der Waals surface area contributed by atoms with Crippen LogP contribution in [0.25, 0.3) is 0 Å². The van der Waals surface area contributed by atoms with Gasteiger partial charge in [0, 0.05) is 13.0 Å². The Morgan fingerprint density at radius 3 is 2.62 bits per heavy atom. The summed E-state index contributed by atoms with van der Waals surface area (Å²) in [6, 6.07) is 11.2. The highest BCUT2D eigenvalue weighted by Gasteiger charge is 2.37. The smallest absolute Gasteiger partial charge is 0.416 e. The zero-order chi connectivity index (χ0) is 21.2. The summed E-state index contributed by atoms with van der Waals surface area (Å²) in [4.78, 5) is 26.6. The summed E-state index contributed by atoms with van der Waals surface area (Å²) in [5, 5.41) is 2.72. The maximum absolute atomic E-state index is 12.9. The van der Waals surface area contributed by atoms with Crippen LogP contribution >= 0.6 is 0 Å². The second-order valence-corrected chi connectivity index (χ2v) is 6.93. The van der Waals surface area contributed by atoms with Gasteiger partial charge in [-0.3, -0.25) is 9.59 Å². The van der Waals surface area contributed by atoms with Crippen LogP contribution in [-0.4, -0.2) is 25.5 Å². The van der Waals surface area contributed by atoms with Crippen molar-refractivity contribution < 1.29 is 27.5 Å². The van der Waals surface area contributed by atoms with E-state index >= 15 is 0 Å². The molecular weight excluding hydrogens is 385 g/mol. The molecule has 0 saturated carbocycles. The fraction of sp³-hybridized carbons (Fsp3) is 0.333. The normalized spacial score (nSPS) is 17.9. The van der Waals surface area contributed by atoms with Crippen molar-refractivity contribution in [3.05, 3.63) is 59.7 Å². The molecule has 5 nitrogen and oxygen atoms in total. The van der Waals surface area contributed by atoms with Crippen molar-refractivity contribution in [3.63, 3.8) is 0 Å². The maximum Gasteiger partial charge on any atom is 0.416 e. The molecule has 29 heavy (non-hydrogen) atoms. The molecule has 1 aliphatic rings. The predicted octanol–water partition coefficient (Wildman–Crippen LogP) is 3.94. The second-order valence-electron chi connectivity index (χ2n) is 6.93. The third-order valence-electron chi connectivity index (χ3n) is 4.94. The standard InChI is InChI=1S/C21H21F3N2O3/c1-13(14-6-5-7-16(10-14)21(22,23)24)25-20(28)15-11-19(27)26(12-15)17-8-3-4-9-18(17)29-2/h3-10,13,15H,11-12H2,1-2H3,(H,25,28). The Hall–Kier alpha value is -3.03. The van der Waals surface area contributed by atoms with E-state index in [0.717, 1.165) is 12.1 Å². The SMILES string of the molecule is COc1ccccc1N1CC(C(=O)NC(C)c2cccc(C(F)(F)F)c2)CC1=O. The zero-order valence-corrected chi connectivity index (χ0v) is 16.0. The van der Waals surface area contributed by atoms with Crippen molar-refractivity contribution in [2.45, 2.75) is 25.6 Å². The average molecular weight is 406 g/mol. The Kier molecular flexibility index (Phi) is 5.81. The van der Waals surface area contributed by atoms with E-state index < -0.39 is 23.7 Å². The Morgan fingerprint density at radius 1 is 1.21 bits per heavy atom. The Morgan fingerprint density at radius 2 is 1.93 bits per heavy atom. The first kappa shape index (κ1) is 20.7. The molecule has 1 aliphatic heterocycles. The van der Waals surface area contributed by atoms with Gasteiger partial charge in [-0.25, -0.2) is 0 Å². The second kappa shape index (κ2) is 8.14. The molecular formula is C21H21F3N2O3. The molecule has 2 unspecified atom stereocenters. The van der Waals surface area contributed by atoms with Crippen LogP contribution < -0.4 is 15.0 Å². The van der Waals surface area contributed by atoms with Crippen LogP contribution in [0.2, 0.25) is 0 Å². The summed E-state index contributed by atoms with van der Waals surface area (Å²) in [6.45, 7) is 1.79. The van der Waals surface area contributed by atoms with Crippen molar-refractivity contribution in [2.24, 2.45) is 5.92 Å². The number of para-hydroxylation sites is 2. The van der Waals surface area contributed by atoms with E-state index in [4.69, 9.17) is 4.74 Å². The number of anilines is 1. The number of halogens is 3. The van der Waals surface area contributed by atoms with E-state index in [1.165, 1.54) is 24.1 Å². The summed E-state index contributed by atoms with van der Waals surface area (Å²) in [7, 11) is 1.50. The molecule has 2 amide bonds. The van der Waals surface area contributed by atoms with Gasteiger partial charge in [0.15, 0.2) is 0 Å². The number of ether oxygens (including phenoxy) is 1. The van der Waals surface area contributed by atoms with Gasteiger partial charge in [0.05, 0.1) is 30.3 Å². The summed E-state index contributed by atoms with van der Waals surface area (Å²) < 4.78 is 44.0. The van der Waals surface area contributed by atoms with Crippen molar-refractivity contribution >= 4 is 17.5 Å². The van der Waals surface area contributed by atoms with Crippen LogP contribution in [-0.2, 0) is 15.8 Å². The lowest BCUT2D eigenvalue weighted by Gasteiger charge is -2.20. The van der Waals surface area contributed by atoms with Crippen molar-refractivity contribution in [1.82, 2.24) is 5.32 Å². The van der Waals surface area contributed by atoms with Gasteiger partial charge in [0.1, 0.15) is 5.75 Å². The molecule has 154 valence electrons. The molecule has 2 aromatic rings. The van der Waals surface area contributed by atoms with Crippen LogP contribution in [0.3, 0.4) is 0 Å². The molecule has 1 heterocycles. The molecule has 1 saturated heterocycles. The molecule has 0 aliphatic carbocycles. The number of hydrogen-bond donors (Lipinski definition) is 1. The van der Waals surface area contributed by atoms with E-state index in [2.05, 4.69) is 5.32 Å².